The first kappa shape index (κ1) is 11.0. The summed E-state index contributed by atoms with van der Waals surface area (Å²) in [6.45, 7) is 4.82. The molecule has 2 aliphatic rings. The van der Waals surface area contributed by atoms with E-state index in [1.54, 1.807) is 0 Å². The summed E-state index contributed by atoms with van der Waals surface area (Å²) in [5.74, 6) is 0. The van der Waals surface area contributed by atoms with E-state index in [-0.39, 0.29) is 11.7 Å². The van der Waals surface area contributed by atoms with Crippen LogP contribution in [-0.4, -0.2) is 23.4 Å². The Morgan fingerprint density at radius 1 is 1.31 bits per heavy atom. The molecule has 2 fully saturated rings. The Kier molecular flexibility index (Phi) is 4.20. The third-order valence-corrected chi connectivity index (χ3v) is 2.56. The van der Waals surface area contributed by atoms with Gasteiger partial charge in [0.15, 0.2) is 0 Å². The number of ether oxygens (including phenoxy) is 1. The number of hydrogen-bond acceptors (Lipinski definition) is 2. The lowest BCUT2D eigenvalue weighted by Crippen LogP contribution is -2.17. The standard InChI is InChI=1S/C8H14O2.C3H8/c9-7-2-1-3-8(4-5-8)10-6-7;1-3-2/h7,9H,1-6H2;3H2,1-2H3. The highest BCUT2D eigenvalue weighted by molar-refractivity contribution is 4.96. The van der Waals surface area contributed by atoms with Crippen LogP contribution < -0.4 is 0 Å². The van der Waals surface area contributed by atoms with Crippen LogP contribution in [-0.2, 0) is 4.74 Å². The molecule has 0 aromatic heterocycles. The average Bonchev–Trinajstić information content (AvgIpc) is 2.86. The monoisotopic (exact) mass is 186 g/mol. The van der Waals surface area contributed by atoms with Crippen molar-refractivity contribution in [1.82, 2.24) is 0 Å². The highest BCUT2D eigenvalue weighted by Crippen LogP contribution is 2.45. The maximum atomic E-state index is 9.22. The molecule has 0 bridgehead atoms. The van der Waals surface area contributed by atoms with Crippen LogP contribution in [0.1, 0.15) is 52.4 Å². The fraction of sp³-hybridized carbons (Fsp3) is 1.00. The molecule has 13 heavy (non-hydrogen) atoms. The Hall–Kier alpha value is -0.0800. The summed E-state index contributed by atoms with van der Waals surface area (Å²) in [5.41, 5.74) is 0.234. The van der Waals surface area contributed by atoms with Crippen LogP contribution in [0.5, 0.6) is 0 Å². The van der Waals surface area contributed by atoms with E-state index in [0.29, 0.717) is 6.61 Å². The lowest BCUT2D eigenvalue weighted by Gasteiger charge is -2.11. The van der Waals surface area contributed by atoms with Crippen LogP contribution in [0.2, 0.25) is 0 Å². The van der Waals surface area contributed by atoms with Gasteiger partial charge in [0, 0.05) is 0 Å². The minimum atomic E-state index is -0.194. The van der Waals surface area contributed by atoms with Crippen molar-refractivity contribution in [2.45, 2.75) is 64.1 Å². The third kappa shape index (κ3) is 3.65. The van der Waals surface area contributed by atoms with Gasteiger partial charge in [-0.05, 0) is 32.1 Å². The molecule has 78 valence electrons. The first-order valence-electron chi connectivity index (χ1n) is 5.54. The Labute approximate surface area is 81.3 Å². The van der Waals surface area contributed by atoms with Gasteiger partial charge in [0.1, 0.15) is 0 Å². The molecule has 2 rings (SSSR count). The van der Waals surface area contributed by atoms with E-state index in [2.05, 4.69) is 13.8 Å². The van der Waals surface area contributed by atoms with Crippen molar-refractivity contribution in [2.75, 3.05) is 6.61 Å². The third-order valence-electron chi connectivity index (χ3n) is 2.56. The first-order valence-corrected chi connectivity index (χ1v) is 5.54. The molecular weight excluding hydrogens is 164 g/mol. The quantitative estimate of drug-likeness (QED) is 0.630. The zero-order valence-corrected chi connectivity index (χ0v) is 8.88. The van der Waals surface area contributed by atoms with Gasteiger partial charge in [0.05, 0.1) is 18.3 Å². The Morgan fingerprint density at radius 2 is 1.92 bits per heavy atom. The van der Waals surface area contributed by atoms with Gasteiger partial charge in [0.25, 0.3) is 0 Å². The molecule has 1 aliphatic carbocycles. The smallest absolute Gasteiger partial charge is 0.0774 e. The minimum Gasteiger partial charge on any atom is -0.391 e. The van der Waals surface area contributed by atoms with Crippen LogP contribution in [0.4, 0.5) is 0 Å². The first-order chi connectivity index (χ1) is 6.22. The minimum absolute atomic E-state index is 0.194. The highest BCUT2D eigenvalue weighted by atomic mass is 16.5. The van der Waals surface area contributed by atoms with Gasteiger partial charge in [0.2, 0.25) is 0 Å². The molecule has 0 aromatic rings. The molecule has 1 spiro atoms. The molecule has 1 unspecified atom stereocenters. The number of hydrogen-bond donors (Lipinski definition) is 1. The number of aliphatic hydroxyl groups excluding tert-OH is 1. The SMILES string of the molecule is CCC.OC1CCCC2(CC2)OC1. The van der Waals surface area contributed by atoms with Crippen molar-refractivity contribution in [3.8, 4) is 0 Å². The summed E-state index contributed by atoms with van der Waals surface area (Å²) >= 11 is 0. The summed E-state index contributed by atoms with van der Waals surface area (Å²) in [5, 5.41) is 9.22. The zero-order chi connectivity index (χ0) is 9.73. The largest absolute Gasteiger partial charge is 0.391 e. The zero-order valence-electron chi connectivity index (χ0n) is 8.88. The molecule has 0 amide bonds. The van der Waals surface area contributed by atoms with Gasteiger partial charge >= 0.3 is 0 Å². The normalized spacial score (nSPS) is 30.2. The molecule has 1 heterocycles. The van der Waals surface area contributed by atoms with Crippen molar-refractivity contribution >= 4 is 0 Å². The molecule has 0 radical (unpaired) electrons. The second-order valence-corrected chi connectivity index (χ2v) is 4.25. The van der Waals surface area contributed by atoms with Crippen LogP contribution >= 0.6 is 0 Å². The molecule has 1 aliphatic heterocycles. The van der Waals surface area contributed by atoms with Gasteiger partial charge < -0.3 is 9.84 Å². The van der Waals surface area contributed by atoms with Gasteiger partial charge in [-0.25, -0.2) is 0 Å². The maximum Gasteiger partial charge on any atom is 0.0774 e. The molecule has 2 heteroatoms. The van der Waals surface area contributed by atoms with E-state index in [1.807, 2.05) is 0 Å². The lowest BCUT2D eigenvalue weighted by molar-refractivity contribution is -0.00896. The fourth-order valence-corrected chi connectivity index (χ4v) is 1.62. The van der Waals surface area contributed by atoms with Crippen LogP contribution in [0, 0.1) is 0 Å². The topological polar surface area (TPSA) is 29.5 Å². The van der Waals surface area contributed by atoms with E-state index >= 15 is 0 Å². The molecule has 1 N–H and O–H groups in total. The van der Waals surface area contributed by atoms with Crippen molar-refractivity contribution in [1.29, 1.82) is 0 Å². The van der Waals surface area contributed by atoms with E-state index in [4.69, 9.17) is 4.74 Å². The van der Waals surface area contributed by atoms with Crippen LogP contribution in [0.3, 0.4) is 0 Å². The van der Waals surface area contributed by atoms with Gasteiger partial charge in [-0.1, -0.05) is 20.3 Å². The van der Waals surface area contributed by atoms with Gasteiger partial charge in [-0.2, -0.15) is 0 Å². The van der Waals surface area contributed by atoms with Crippen molar-refractivity contribution < 1.29 is 9.84 Å². The predicted molar refractivity (Wildman–Crippen MR) is 53.7 cm³/mol. The molecular formula is C11H22O2. The van der Waals surface area contributed by atoms with E-state index in [0.717, 1.165) is 12.8 Å². The highest BCUT2D eigenvalue weighted by Gasteiger charge is 2.44. The average molecular weight is 186 g/mol. The predicted octanol–water partition coefficient (Wildman–Crippen LogP) is 2.50. The summed E-state index contributed by atoms with van der Waals surface area (Å²) in [6, 6.07) is 0. The summed E-state index contributed by atoms with van der Waals surface area (Å²) < 4.78 is 5.56. The number of rotatable bonds is 0. The molecule has 1 saturated carbocycles. The number of aliphatic hydroxyl groups is 1. The molecule has 2 nitrogen and oxygen atoms in total. The second-order valence-electron chi connectivity index (χ2n) is 4.25. The second kappa shape index (κ2) is 4.97. The molecule has 0 aromatic carbocycles. The van der Waals surface area contributed by atoms with Crippen LogP contribution in [0.15, 0.2) is 0 Å². The summed E-state index contributed by atoms with van der Waals surface area (Å²) in [6.07, 6.45) is 6.74. The van der Waals surface area contributed by atoms with Crippen molar-refractivity contribution in [3.63, 3.8) is 0 Å². The fourth-order valence-electron chi connectivity index (χ4n) is 1.62. The Balaban J connectivity index is 0.000000251. The Bertz CT molecular complexity index is 141. The van der Waals surface area contributed by atoms with Gasteiger partial charge in [-0.15, -0.1) is 0 Å². The van der Waals surface area contributed by atoms with E-state index in [1.165, 1.54) is 25.7 Å². The summed E-state index contributed by atoms with van der Waals surface area (Å²) in [4.78, 5) is 0. The Morgan fingerprint density at radius 3 is 2.46 bits per heavy atom. The van der Waals surface area contributed by atoms with Crippen LogP contribution in [0.25, 0.3) is 0 Å². The van der Waals surface area contributed by atoms with E-state index in [9.17, 15) is 5.11 Å². The maximum absolute atomic E-state index is 9.22. The van der Waals surface area contributed by atoms with E-state index < -0.39 is 0 Å². The molecule has 1 saturated heterocycles. The molecule has 1 atom stereocenters. The van der Waals surface area contributed by atoms with Crippen molar-refractivity contribution in [2.24, 2.45) is 0 Å². The van der Waals surface area contributed by atoms with Gasteiger partial charge in [-0.3, -0.25) is 0 Å². The lowest BCUT2D eigenvalue weighted by atomic mass is 10.1. The summed E-state index contributed by atoms with van der Waals surface area (Å²) in [7, 11) is 0. The van der Waals surface area contributed by atoms with Crippen molar-refractivity contribution in [3.05, 3.63) is 0 Å².